The number of aromatic amines is 1. The highest BCUT2D eigenvalue weighted by molar-refractivity contribution is 6.06. The number of nitrogens with one attached hydrogen (secondary N) is 1. The van der Waals surface area contributed by atoms with Crippen molar-refractivity contribution in [2.24, 2.45) is 0 Å². The fourth-order valence-electron chi connectivity index (χ4n) is 5.16. The predicted octanol–water partition coefficient (Wildman–Crippen LogP) is 4.33. The molecule has 178 valence electrons. The molecule has 2 aliphatic rings. The number of carbonyl (C=O) groups is 1. The summed E-state index contributed by atoms with van der Waals surface area (Å²) in [5.41, 5.74) is 3.99. The summed E-state index contributed by atoms with van der Waals surface area (Å²) in [7, 11) is 0. The van der Waals surface area contributed by atoms with Crippen LogP contribution in [0.25, 0.3) is 17.1 Å². The van der Waals surface area contributed by atoms with E-state index in [1.54, 1.807) is 15.7 Å². The smallest absolute Gasteiger partial charge is 0.294 e. The first kappa shape index (κ1) is 22.5. The van der Waals surface area contributed by atoms with Crippen LogP contribution in [0.3, 0.4) is 0 Å². The van der Waals surface area contributed by atoms with Crippen LogP contribution in [0.2, 0.25) is 0 Å². The van der Waals surface area contributed by atoms with Crippen LogP contribution in [-0.2, 0) is 4.79 Å². The lowest BCUT2D eigenvalue weighted by Gasteiger charge is -2.30. The van der Waals surface area contributed by atoms with Crippen molar-refractivity contribution in [1.82, 2.24) is 24.6 Å². The van der Waals surface area contributed by atoms with Crippen LogP contribution in [-0.4, -0.2) is 50.2 Å². The number of aromatic nitrogens is 4. The molecule has 0 atom stereocenters. The number of benzene rings is 1. The standard InChI is InChI=1S/C26H32N6O2/c1-16(2)19-13-21-22(14-20(19)17(3)4)32-25(28-29-26(32)34)18-9-8-10-27-24(18)31(21)23(33)15-30-11-6-5-7-12-30/h8-10,13-14,16-17H,5-7,11-12,15H2,1-4H3,(H,29,34). The van der Waals surface area contributed by atoms with E-state index in [1.165, 1.54) is 12.0 Å². The highest BCUT2D eigenvalue weighted by atomic mass is 16.2. The second-order valence-corrected chi connectivity index (χ2v) is 9.91. The van der Waals surface area contributed by atoms with Crippen LogP contribution in [0, 0.1) is 0 Å². The van der Waals surface area contributed by atoms with E-state index < -0.39 is 0 Å². The zero-order valence-electron chi connectivity index (χ0n) is 20.3. The average molecular weight is 461 g/mol. The van der Waals surface area contributed by atoms with Crippen LogP contribution in [0.4, 0.5) is 11.5 Å². The molecule has 2 aliphatic heterocycles. The Morgan fingerprint density at radius 1 is 1.03 bits per heavy atom. The van der Waals surface area contributed by atoms with Crippen molar-refractivity contribution < 1.29 is 4.79 Å². The van der Waals surface area contributed by atoms with E-state index in [0.717, 1.165) is 31.5 Å². The molecule has 0 bridgehead atoms. The maximum atomic E-state index is 13.9. The number of rotatable bonds is 4. The lowest BCUT2D eigenvalue weighted by atomic mass is 9.89. The number of piperidine rings is 1. The SMILES string of the molecule is CC(C)c1cc2c(cc1C(C)C)-n1c(n[nH]c1=O)-c1cccnc1N2C(=O)CN1CCCCC1. The monoisotopic (exact) mass is 460 g/mol. The minimum atomic E-state index is -0.330. The summed E-state index contributed by atoms with van der Waals surface area (Å²) in [6.07, 6.45) is 5.12. The Labute approximate surface area is 199 Å². The van der Waals surface area contributed by atoms with Crippen molar-refractivity contribution in [3.05, 3.63) is 52.1 Å². The molecule has 1 aromatic carbocycles. The van der Waals surface area contributed by atoms with Gasteiger partial charge in [-0.1, -0.05) is 34.1 Å². The molecule has 4 heterocycles. The molecule has 0 radical (unpaired) electrons. The van der Waals surface area contributed by atoms with Gasteiger partial charge < -0.3 is 0 Å². The maximum Gasteiger partial charge on any atom is 0.348 e. The van der Waals surface area contributed by atoms with Crippen molar-refractivity contribution in [3.63, 3.8) is 0 Å². The number of pyridine rings is 1. The molecular weight excluding hydrogens is 428 g/mol. The largest absolute Gasteiger partial charge is 0.348 e. The number of amides is 1. The summed E-state index contributed by atoms with van der Waals surface area (Å²) < 4.78 is 1.58. The summed E-state index contributed by atoms with van der Waals surface area (Å²) in [4.78, 5) is 35.5. The molecule has 0 aliphatic carbocycles. The normalized spacial score (nSPS) is 15.8. The molecule has 34 heavy (non-hydrogen) atoms. The van der Waals surface area contributed by atoms with Crippen LogP contribution >= 0.6 is 0 Å². The summed E-state index contributed by atoms with van der Waals surface area (Å²) in [5.74, 6) is 1.45. The number of anilines is 2. The second-order valence-electron chi connectivity index (χ2n) is 9.91. The van der Waals surface area contributed by atoms with Crippen LogP contribution in [0.5, 0.6) is 0 Å². The van der Waals surface area contributed by atoms with E-state index in [1.807, 2.05) is 12.1 Å². The van der Waals surface area contributed by atoms with E-state index >= 15 is 0 Å². The average Bonchev–Trinajstić information content (AvgIpc) is 3.15. The molecule has 0 saturated carbocycles. The van der Waals surface area contributed by atoms with Gasteiger partial charge in [-0.05, 0) is 73.2 Å². The van der Waals surface area contributed by atoms with Gasteiger partial charge in [0, 0.05) is 6.20 Å². The molecule has 2 aromatic heterocycles. The van der Waals surface area contributed by atoms with Gasteiger partial charge in [0.1, 0.15) is 0 Å². The number of hydrogen-bond acceptors (Lipinski definition) is 5. The zero-order valence-corrected chi connectivity index (χ0v) is 20.3. The lowest BCUT2D eigenvalue weighted by Crippen LogP contribution is -2.41. The zero-order chi connectivity index (χ0) is 24.0. The minimum absolute atomic E-state index is 0.0442. The van der Waals surface area contributed by atoms with Crippen molar-refractivity contribution in [3.8, 4) is 17.1 Å². The Hall–Kier alpha value is -3.26. The third-order valence-corrected chi connectivity index (χ3v) is 6.87. The van der Waals surface area contributed by atoms with Crippen molar-refractivity contribution >= 4 is 17.4 Å². The van der Waals surface area contributed by atoms with Gasteiger partial charge in [0.05, 0.1) is 23.5 Å². The van der Waals surface area contributed by atoms with Crippen molar-refractivity contribution in [2.75, 3.05) is 24.5 Å². The number of hydrogen-bond donors (Lipinski definition) is 1. The fraction of sp³-hybridized carbons (Fsp3) is 0.462. The molecule has 3 aromatic rings. The maximum absolute atomic E-state index is 13.9. The Balaban J connectivity index is 1.77. The number of H-pyrrole nitrogens is 1. The van der Waals surface area contributed by atoms with Crippen molar-refractivity contribution in [2.45, 2.75) is 58.8 Å². The number of carbonyl (C=O) groups excluding carboxylic acids is 1. The first-order valence-corrected chi connectivity index (χ1v) is 12.2. The third kappa shape index (κ3) is 3.76. The molecule has 8 nitrogen and oxygen atoms in total. The molecule has 1 fully saturated rings. The number of likely N-dealkylation sites (tertiary alicyclic amines) is 1. The van der Waals surface area contributed by atoms with Gasteiger partial charge in [0.2, 0.25) is 5.91 Å². The number of fused-ring (bicyclic) bond motifs is 5. The topological polar surface area (TPSA) is 87.1 Å². The van der Waals surface area contributed by atoms with E-state index in [0.29, 0.717) is 35.1 Å². The summed E-state index contributed by atoms with van der Waals surface area (Å²) >= 11 is 0. The molecule has 5 rings (SSSR count). The van der Waals surface area contributed by atoms with Gasteiger partial charge in [0.15, 0.2) is 11.6 Å². The van der Waals surface area contributed by atoms with Gasteiger partial charge >= 0.3 is 5.69 Å². The van der Waals surface area contributed by atoms with Crippen LogP contribution < -0.4 is 10.6 Å². The van der Waals surface area contributed by atoms with Crippen LogP contribution in [0.1, 0.15) is 69.9 Å². The van der Waals surface area contributed by atoms with E-state index in [2.05, 4.69) is 59.9 Å². The van der Waals surface area contributed by atoms with Gasteiger partial charge in [-0.15, -0.1) is 0 Å². The molecule has 1 amide bonds. The number of nitrogens with zero attached hydrogens (tertiary/aromatic N) is 5. The minimum Gasteiger partial charge on any atom is -0.294 e. The van der Waals surface area contributed by atoms with E-state index in [4.69, 9.17) is 0 Å². The van der Waals surface area contributed by atoms with Gasteiger partial charge in [-0.3, -0.25) is 14.6 Å². The quantitative estimate of drug-likeness (QED) is 0.626. The Bertz CT molecular complexity index is 1280. The first-order valence-electron chi connectivity index (χ1n) is 12.2. The predicted molar refractivity (Wildman–Crippen MR) is 133 cm³/mol. The van der Waals surface area contributed by atoms with Crippen molar-refractivity contribution in [1.29, 1.82) is 0 Å². The first-order chi connectivity index (χ1) is 16.4. The van der Waals surface area contributed by atoms with Gasteiger partial charge in [-0.2, -0.15) is 5.10 Å². The van der Waals surface area contributed by atoms with E-state index in [-0.39, 0.29) is 23.4 Å². The fourth-order valence-corrected chi connectivity index (χ4v) is 5.16. The van der Waals surface area contributed by atoms with E-state index in [9.17, 15) is 9.59 Å². The molecule has 1 saturated heterocycles. The molecule has 0 unspecified atom stereocenters. The molecule has 1 N–H and O–H groups in total. The highest BCUT2D eigenvalue weighted by Crippen LogP contribution is 2.43. The van der Waals surface area contributed by atoms with Gasteiger partial charge in [0.25, 0.3) is 0 Å². The molecule has 0 spiro atoms. The summed E-state index contributed by atoms with van der Waals surface area (Å²) in [5, 5.41) is 6.94. The summed E-state index contributed by atoms with van der Waals surface area (Å²) in [6, 6.07) is 7.82. The Morgan fingerprint density at radius 3 is 2.38 bits per heavy atom. The Morgan fingerprint density at radius 2 is 1.71 bits per heavy atom. The lowest BCUT2D eigenvalue weighted by molar-refractivity contribution is -0.119. The van der Waals surface area contributed by atoms with Gasteiger partial charge in [-0.25, -0.2) is 19.4 Å². The molecular formula is C26H32N6O2. The van der Waals surface area contributed by atoms with Crippen LogP contribution in [0.15, 0.2) is 35.3 Å². The highest BCUT2D eigenvalue weighted by Gasteiger charge is 2.34. The molecule has 8 heteroatoms. The second kappa shape index (κ2) is 8.83. The third-order valence-electron chi connectivity index (χ3n) is 6.87. The summed E-state index contributed by atoms with van der Waals surface area (Å²) in [6.45, 7) is 10.8. The Kier molecular flexibility index (Phi) is 5.85.